The molecule has 0 heterocycles. The number of rotatable bonds is 10. The number of aliphatic carboxylic acids is 1. The van der Waals surface area contributed by atoms with E-state index >= 15 is 0 Å². The Labute approximate surface area is 138 Å². The van der Waals surface area contributed by atoms with Crippen molar-refractivity contribution in [2.75, 3.05) is 28.2 Å². The summed E-state index contributed by atoms with van der Waals surface area (Å²) >= 11 is 0. The zero-order chi connectivity index (χ0) is 16.1. The number of unbranched alkanes of at least 4 members (excludes halogenated alkanes) is 8. The Hall–Kier alpha value is -0.320. The fraction of sp³-hybridized carbons (Fsp3) is 0.938. The summed E-state index contributed by atoms with van der Waals surface area (Å²) in [5.74, 6) is -0.909. The maximum absolute atomic E-state index is 10.1. The van der Waals surface area contributed by atoms with Gasteiger partial charge in [-0.3, -0.25) is 0 Å². The molecule has 132 valence electrons. The van der Waals surface area contributed by atoms with Crippen molar-refractivity contribution in [2.24, 2.45) is 0 Å². The maximum Gasteiger partial charge on any atom is 0.0647 e. The zero-order valence-corrected chi connectivity index (χ0v) is 15.7. The van der Waals surface area contributed by atoms with Crippen LogP contribution >= 0.6 is 0 Å². The summed E-state index contributed by atoms with van der Waals surface area (Å²) in [7, 11) is 8.00. The summed E-state index contributed by atoms with van der Waals surface area (Å²) < 4.78 is 0. The van der Waals surface area contributed by atoms with Crippen LogP contribution in [0.25, 0.3) is 0 Å². The predicted molar refractivity (Wildman–Crippen MR) is 84.4 cm³/mol. The standard InChI is InChI=1S/C12H24O2.2C2H7N.ClH/c1-2-3-4-5-6-7-8-9-10-11-12(13)14;2*1-3-2;/h2-11H2,1H3,(H,13,14);2*3H,1-2H3;1H. The number of nitrogens with two attached hydrogens (primary N) is 2. The van der Waals surface area contributed by atoms with E-state index in [2.05, 4.69) is 6.92 Å². The third kappa shape index (κ3) is 53.9. The van der Waals surface area contributed by atoms with Crippen LogP contribution in [0.1, 0.15) is 71.1 Å². The zero-order valence-electron chi connectivity index (χ0n) is 14.9. The Morgan fingerprint density at radius 1 is 0.762 bits per heavy atom. The molecule has 0 aliphatic rings. The van der Waals surface area contributed by atoms with E-state index in [1.807, 2.05) is 38.8 Å². The lowest BCUT2D eigenvalue weighted by Gasteiger charge is -2.02. The van der Waals surface area contributed by atoms with Crippen molar-refractivity contribution in [3.05, 3.63) is 0 Å². The third-order valence-electron chi connectivity index (χ3n) is 2.48. The molecule has 0 rings (SSSR count). The van der Waals surface area contributed by atoms with E-state index in [1.54, 1.807) is 0 Å². The molecule has 0 radical (unpaired) electrons. The highest BCUT2D eigenvalue weighted by Gasteiger charge is 1.92. The first-order chi connectivity index (χ1) is 9.60. The summed E-state index contributed by atoms with van der Waals surface area (Å²) in [5.41, 5.74) is 0. The van der Waals surface area contributed by atoms with Gasteiger partial charge in [-0.15, -0.1) is 0 Å². The minimum absolute atomic E-state index is 0. The molecular weight excluding hydrogens is 288 g/mol. The fourth-order valence-electron chi connectivity index (χ4n) is 1.58. The molecule has 0 aromatic rings. The van der Waals surface area contributed by atoms with E-state index in [0.717, 1.165) is 12.8 Å². The molecule has 0 amide bonds. The Kier molecular flexibility index (Phi) is 43.7. The molecule has 21 heavy (non-hydrogen) atoms. The highest BCUT2D eigenvalue weighted by molar-refractivity contribution is 5.63. The molecule has 0 saturated carbocycles. The topological polar surface area (TPSA) is 73.3 Å². The van der Waals surface area contributed by atoms with Gasteiger partial charge in [0.25, 0.3) is 0 Å². The van der Waals surface area contributed by atoms with Crippen LogP contribution < -0.4 is 28.1 Å². The lowest BCUT2D eigenvalue weighted by molar-refractivity contribution is -0.597. The molecule has 0 aliphatic carbocycles. The highest BCUT2D eigenvalue weighted by Crippen LogP contribution is 2.09. The largest absolute Gasteiger partial charge is 1.00 e. The van der Waals surface area contributed by atoms with Gasteiger partial charge in [0.15, 0.2) is 0 Å². The van der Waals surface area contributed by atoms with Crippen LogP contribution in [0.15, 0.2) is 0 Å². The van der Waals surface area contributed by atoms with Crippen molar-refractivity contribution in [3.63, 3.8) is 0 Å². The third-order valence-corrected chi connectivity index (χ3v) is 2.48. The molecule has 0 fully saturated rings. The number of carbonyl (C=O) groups excluding carboxylic acids is 1. The van der Waals surface area contributed by atoms with Crippen molar-refractivity contribution in [1.82, 2.24) is 0 Å². The number of halogens is 1. The molecule has 5 heteroatoms. The molecular formula is C16H39ClN2O2. The van der Waals surface area contributed by atoms with Gasteiger partial charge in [0.2, 0.25) is 0 Å². The summed E-state index contributed by atoms with van der Waals surface area (Å²) in [5, 5.41) is 14.1. The fourth-order valence-corrected chi connectivity index (χ4v) is 1.58. The SMILES string of the molecule is CCCCCCCCCCCC(=O)[O-].C[NH2+]C.C[NH2+]C.[Cl-]. The van der Waals surface area contributed by atoms with E-state index < -0.39 is 5.97 Å². The Balaban J connectivity index is -0.000000177. The number of carboxylic acid groups (broad SMARTS) is 1. The van der Waals surface area contributed by atoms with Gasteiger partial charge in [-0.25, -0.2) is 0 Å². The molecule has 0 aromatic carbocycles. The van der Waals surface area contributed by atoms with E-state index in [0.29, 0.717) is 0 Å². The lowest BCUT2D eigenvalue weighted by Crippen LogP contribution is -3.00. The molecule has 0 spiro atoms. The molecule has 0 saturated heterocycles. The number of quaternary nitrogens is 2. The van der Waals surface area contributed by atoms with E-state index in [-0.39, 0.29) is 18.8 Å². The Morgan fingerprint density at radius 3 is 1.33 bits per heavy atom. The van der Waals surface area contributed by atoms with Crippen molar-refractivity contribution < 1.29 is 32.9 Å². The van der Waals surface area contributed by atoms with Crippen molar-refractivity contribution in [1.29, 1.82) is 0 Å². The van der Waals surface area contributed by atoms with Gasteiger partial charge < -0.3 is 32.9 Å². The number of hydrogen-bond acceptors (Lipinski definition) is 2. The van der Waals surface area contributed by atoms with Gasteiger partial charge in [0.05, 0.1) is 28.2 Å². The van der Waals surface area contributed by atoms with Gasteiger partial charge in [0.1, 0.15) is 0 Å². The minimum atomic E-state index is -0.909. The number of carbonyl (C=O) groups is 1. The molecule has 0 aromatic heterocycles. The van der Waals surface area contributed by atoms with Crippen LogP contribution in [-0.4, -0.2) is 34.2 Å². The van der Waals surface area contributed by atoms with Crippen LogP contribution in [0.2, 0.25) is 0 Å². The normalized spacial score (nSPS) is 8.62. The van der Waals surface area contributed by atoms with Crippen LogP contribution in [0.5, 0.6) is 0 Å². The van der Waals surface area contributed by atoms with Crippen LogP contribution in [0.3, 0.4) is 0 Å². The highest BCUT2D eigenvalue weighted by atomic mass is 35.5. The van der Waals surface area contributed by atoms with Gasteiger partial charge >= 0.3 is 0 Å². The van der Waals surface area contributed by atoms with Crippen LogP contribution in [0, 0.1) is 0 Å². The van der Waals surface area contributed by atoms with Crippen molar-refractivity contribution >= 4 is 5.97 Å². The Morgan fingerprint density at radius 2 is 1.05 bits per heavy atom. The average Bonchev–Trinajstić information content (AvgIpc) is 2.38. The van der Waals surface area contributed by atoms with E-state index in [4.69, 9.17) is 0 Å². The second kappa shape index (κ2) is 31.9. The molecule has 0 aliphatic heterocycles. The van der Waals surface area contributed by atoms with E-state index in [9.17, 15) is 9.90 Å². The summed E-state index contributed by atoms with van der Waals surface area (Å²) in [6, 6.07) is 0. The maximum atomic E-state index is 10.1. The molecule has 0 unspecified atom stereocenters. The minimum Gasteiger partial charge on any atom is -1.00 e. The van der Waals surface area contributed by atoms with Gasteiger partial charge in [0, 0.05) is 5.97 Å². The molecule has 0 bridgehead atoms. The van der Waals surface area contributed by atoms with Gasteiger partial charge in [-0.2, -0.15) is 0 Å². The van der Waals surface area contributed by atoms with Crippen LogP contribution in [-0.2, 0) is 4.79 Å². The molecule has 4 N–H and O–H groups in total. The number of hydrogen-bond donors (Lipinski definition) is 2. The van der Waals surface area contributed by atoms with Gasteiger partial charge in [-0.05, 0) is 12.8 Å². The predicted octanol–water partition coefficient (Wildman–Crippen LogP) is -2.72. The lowest BCUT2D eigenvalue weighted by atomic mass is 10.1. The first kappa shape index (κ1) is 28.8. The van der Waals surface area contributed by atoms with Crippen molar-refractivity contribution in [2.45, 2.75) is 71.1 Å². The monoisotopic (exact) mass is 326 g/mol. The first-order valence-electron chi connectivity index (χ1n) is 8.28. The average molecular weight is 327 g/mol. The van der Waals surface area contributed by atoms with Crippen LogP contribution in [0.4, 0.5) is 0 Å². The molecule has 4 nitrogen and oxygen atoms in total. The molecule has 0 atom stereocenters. The Bertz CT molecular complexity index is 168. The first-order valence-corrected chi connectivity index (χ1v) is 8.28. The quantitative estimate of drug-likeness (QED) is 0.428. The number of carboxylic acids is 1. The summed E-state index contributed by atoms with van der Waals surface area (Å²) in [4.78, 5) is 10.1. The van der Waals surface area contributed by atoms with Gasteiger partial charge in [-0.1, -0.05) is 58.3 Å². The summed E-state index contributed by atoms with van der Waals surface area (Å²) in [6.45, 7) is 2.22. The summed E-state index contributed by atoms with van der Waals surface area (Å²) in [6.07, 6.45) is 11.2. The van der Waals surface area contributed by atoms with Crippen molar-refractivity contribution in [3.8, 4) is 0 Å². The second-order valence-corrected chi connectivity index (χ2v) is 5.11. The smallest absolute Gasteiger partial charge is 0.0647 e. The second-order valence-electron chi connectivity index (χ2n) is 5.11. The van der Waals surface area contributed by atoms with E-state index in [1.165, 1.54) is 44.9 Å².